The lowest BCUT2D eigenvalue weighted by atomic mass is 9.99. The van der Waals surface area contributed by atoms with Gasteiger partial charge in [-0.15, -0.1) is 0 Å². The highest BCUT2D eigenvalue weighted by molar-refractivity contribution is 8.03. The van der Waals surface area contributed by atoms with Crippen LogP contribution in [0.2, 0.25) is 0 Å². The van der Waals surface area contributed by atoms with E-state index >= 15 is 0 Å². The summed E-state index contributed by atoms with van der Waals surface area (Å²) in [6, 6.07) is 0. The lowest BCUT2D eigenvalue weighted by Gasteiger charge is -2.35. The van der Waals surface area contributed by atoms with E-state index in [1.165, 1.54) is 11.8 Å². The average Bonchev–Trinajstić information content (AvgIpc) is 2.43. The Kier molecular flexibility index (Phi) is 12.7. The van der Waals surface area contributed by atoms with E-state index in [2.05, 4.69) is 32.0 Å². The molecule has 0 rings (SSSR count). The Bertz CT molecular complexity index is 301. The maximum atomic E-state index is 8.44. The van der Waals surface area contributed by atoms with Gasteiger partial charge in [-0.05, 0) is 58.0 Å². The minimum absolute atomic E-state index is 0.168. The van der Waals surface area contributed by atoms with Gasteiger partial charge in [-0.1, -0.05) is 0 Å². The van der Waals surface area contributed by atoms with Gasteiger partial charge in [0.1, 0.15) is 5.40 Å². The van der Waals surface area contributed by atoms with Gasteiger partial charge in [-0.3, -0.25) is 0 Å². The zero-order valence-corrected chi connectivity index (χ0v) is 14.8. The van der Waals surface area contributed by atoms with E-state index < -0.39 is 0 Å². The molecule has 0 fully saturated rings. The third-order valence-electron chi connectivity index (χ3n) is 2.95. The number of nitriles is 1. The lowest BCUT2D eigenvalue weighted by Crippen LogP contribution is -2.65. The second-order valence-corrected chi connectivity index (χ2v) is 6.19. The van der Waals surface area contributed by atoms with Crippen LogP contribution in [-0.4, -0.2) is 63.7 Å². The van der Waals surface area contributed by atoms with Crippen LogP contribution in [0.3, 0.4) is 0 Å². The predicted molar refractivity (Wildman–Crippen MR) is 95.6 cm³/mol. The Hall–Kier alpha value is -0.590. The molecule has 0 spiro atoms. The van der Waals surface area contributed by atoms with E-state index in [4.69, 9.17) is 17.5 Å². The predicted octanol–water partition coefficient (Wildman–Crippen LogP) is -0.158. The summed E-state index contributed by atoms with van der Waals surface area (Å²) in [5.74, 6) is 0.877. The number of rotatable bonds is 12. The molecule has 0 aromatic rings. The van der Waals surface area contributed by atoms with Gasteiger partial charge in [-0.2, -0.15) is 5.26 Å². The standard InChI is InChI=1S/C13H28N6S2/c1-15-8-13(9-16-2,10-17-3)19-12(20)18-6-4-5-7-21-11-14/h15-17H,4-10H2,1-3H3,(H2,18,19,20). The van der Waals surface area contributed by atoms with E-state index in [1.54, 1.807) is 0 Å². The number of hydrogen-bond acceptors (Lipinski definition) is 6. The Morgan fingerprint density at radius 1 is 1.10 bits per heavy atom. The highest BCUT2D eigenvalue weighted by atomic mass is 32.2. The molecule has 0 aliphatic carbocycles. The Labute approximate surface area is 138 Å². The number of nitrogens with one attached hydrogen (secondary N) is 5. The summed E-state index contributed by atoms with van der Waals surface area (Å²) in [4.78, 5) is 0. The van der Waals surface area contributed by atoms with E-state index in [0.29, 0.717) is 5.11 Å². The largest absolute Gasteiger partial charge is 0.363 e. The molecule has 8 heteroatoms. The van der Waals surface area contributed by atoms with Crippen LogP contribution in [0.5, 0.6) is 0 Å². The number of thioether (sulfide) groups is 1. The van der Waals surface area contributed by atoms with E-state index in [9.17, 15) is 0 Å². The highest BCUT2D eigenvalue weighted by Crippen LogP contribution is 2.02. The van der Waals surface area contributed by atoms with Gasteiger partial charge in [0.05, 0.1) is 5.54 Å². The summed E-state index contributed by atoms with van der Waals surface area (Å²) in [5, 5.41) is 27.5. The molecule has 0 aromatic carbocycles. The molecule has 0 atom stereocenters. The third kappa shape index (κ3) is 9.87. The first-order valence-electron chi connectivity index (χ1n) is 7.15. The van der Waals surface area contributed by atoms with Crippen molar-refractivity contribution in [2.24, 2.45) is 0 Å². The molecule has 122 valence electrons. The van der Waals surface area contributed by atoms with E-state index in [0.717, 1.165) is 44.8 Å². The van der Waals surface area contributed by atoms with Crippen LogP contribution >= 0.6 is 24.0 Å². The molecule has 0 unspecified atom stereocenters. The smallest absolute Gasteiger partial charge is 0.166 e. The minimum Gasteiger partial charge on any atom is -0.363 e. The number of thiocarbonyl (C=S) groups is 1. The van der Waals surface area contributed by atoms with Crippen LogP contribution in [0.15, 0.2) is 0 Å². The molecule has 0 heterocycles. The SMILES string of the molecule is CNCC(CNC)(CNC)NC(=S)NCCCCSC#N. The summed E-state index contributed by atoms with van der Waals surface area (Å²) in [6.45, 7) is 3.23. The van der Waals surface area contributed by atoms with Crippen LogP contribution in [0, 0.1) is 10.7 Å². The number of likely N-dealkylation sites (N-methyl/N-ethyl adjacent to an activating group) is 3. The molecule has 6 nitrogen and oxygen atoms in total. The summed E-state index contributed by atoms with van der Waals surface area (Å²) in [6.07, 6.45) is 2.02. The summed E-state index contributed by atoms with van der Waals surface area (Å²) in [7, 11) is 5.81. The first kappa shape index (κ1) is 20.4. The number of thiocyanates is 1. The fourth-order valence-corrected chi connectivity index (χ4v) is 2.93. The molecule has 0 saturated carbocycles. The van der Waals surface area contributed by atoms with Gasteiger partial charge in [0.15, 0.2) is 5.11 Å². The molecule has 0 aromatic heterocycles. The van der Waals surface area contributed by atoms with Crippen LogP contribution in [0.4, 0.5) is 0 Å². The van der Waals surface area contributed by atoms with Crippen LogP contribution in [0.1, 0.15) is 12.8 Å². The van der Waals surface area contributed by atoms with Crippen LogP contribution < -0.4 is 26.6 Å². The first-order valence-corrected chi connectivity index (χ1v) is 8.54. The second-order valence-electron chi connectivity index (χ2n) is 4.90. The molecular weight excluding hydrogens is 304 g/mol. The molecular formula is C13H28N6S2. The molecule has 0 radical (unpaired) electrons. The third-order valence-corrected chi connectivity index (χ3v) is 3.82. The molecule has 21 heavy (non-hydrogen) atoms. The molecule has 0 aliphatic rings. The quantitative estimate of drug-likeness (QED) is 0.192. The van der Waals surface area contributed by atoms with Gasteiger partial charge < -0.3 is 26.6 Å². The van der Waals surface area contributed by atoms with Crippen molar-refractivity contribution < 1.29 is 0 Å². The molecule has 0 aliphatic heterocycles. The van der Waals surface area contributed by atoms with Crippen molar-refractivity contribution in [1.82, 2.24) is 26.6 Å². The fraction of sp³-hybridized carbons (Fsp3) is 0.846. The van der Waals surface area contributed by atoms with Crippen molar-refractivity contribution in [3.63, 3.8) is 0 Å². The topological polar surface area (TPSA) is 83.9 Å². The van der Waals surface area contributed by atoms with Crippen LogP contribution in [0.25, 0.3) is 0 Å². The zero-order chi connectivity index (χ0) is 16.0. The van der Waals surface area contributed by atoms with E-state index in [1.807, 2.05) is 21.1 Å². The van der Waals surface area contributed by atoms with Crippen molar-refractivity contribution in [2.75, 3.05) is 53.1 Å². The first-order chi connectivity index (χ1) is 10.1. The number of nitrogens with zero attached hydrogens (tertiary/aromatic N) is 1. The fourth-order valence-electron chi connectivity index (χ4n) is 2.17. The molecule has 0 bridgehead atoms. The zero-order valence-electron chi connectivity index (χ0n) is 13.2. The van der Waals surface area contributed by atoms with Crippen LogP contribution in [-0.2, 0) is 0 Å². The average molecular weight is 333 g/mol. The number of hydrogen-bond donors (Lipinski definition) is 5. The Balaban J connectivity index is 4.17. The summed E-state index contributed by atoms with van der Waals surface area (Å²) >= 11 is 6.68. The van der Waals surface area contributed by atoms with Gasteiger partial charge >= 0.3 is 0 Å². The van der Waals surface area contributed by atoms with E-state index in [-0.39, 0.29) is 5.54 Å². The normalized spacial score (nSPS) is 11.0. The summed E-state index contributed by atoms with van der Waals surface area (Å²) in [5.41, 5.74) is -0.168. The van der Waals surface area contributed by atoms with Gasteiger partial charge in [0, 0.05) is 31.9 Å². The minimum atomic E-state index is -0.168. The van der Waals surface area contributed by atoms with Gasteiger partial charge in [0.25, 0.3) is 0 Å². The van der Waals surface area contributed by atoms with Gasteiger partial charge in [-0.25, -0.2) is 0 Å². The van der Waals surface area contributed by atoms with Crippen molar-refractivity contribution in [3.8, 4) is 5.40 Å². The Morgan fingerprint density at radius 3 is 2.14 bits per heavy atom. The maximum Gasteiger partial charge on any atom is 0.166 e. The van der Waals surface area contributed by atoms with Crippen molar-refractivity contribution in [3.05, 3.63) is 0 Å². The van der Waals surface area contributed by atoms with Crippen molar-refractivity contribution >= 4 is 29.1 Å². The lowest BCUT2D eigenvalue weighted by molar-refractivity contribution is 0.341. The monoisotopic (exact) mass is 332 g/mol. The second kappa shape index (κ2) is 13.1. The van der Waals surface area contributed by atoms with Crippen molar-refractivity contribution in [2.45, 2.75) is 18.4 Å². The molecule has 0 amide bonds. The summed E-state index contributed by atoms with van der Waals surface area (Å²) < 4.78 is 0. The Morgan fingerprint density at radius 2 is 1.67 bits per heavy atom. The van der Waals surface area contributed by atoms with Gasteiger partial charge in [0.2, 0.25) is 0 Å². The highest BCUT2D eigenvalue weighted by Gasteiger charge is 2.28. The molecule has 5 N–H and O–H groups in total. The maximum absolute atomic E-state index is 8.44. The number of unbranched alkanes of at least 4 members (excludes halogenated alkanes) is 1. The van der Waals surface area contributed by atoms with Crippen molar-refractivity contribution in [1.29, 1.82) is 5.26 Å². The molecule has 0 saturated heterocycles.